The van der Waals surface area contributed by atoms with Crippen molar-refractivity contribution in [1.82, 2.24) is 18.7 Å². The fraction of sp³-hybridized carbons (Fsp3) is 0.227. The maximum atomic E-state index is 14.3. The minimum absolute atomic E-state index is 0.146. The van der Waals surface area contributed by atoms with Crippen LogP contribution in [0, 0.1) is 12.7 Å². The largest absolute Gasteiger partial charge is 0.332 e. The van der Waals surface area contributed by atoms with Gasteiger partial charge in [0.2, 0.25) is 0 Å². The molecule has 0 N–H and O–H groups in total. The third-order valence-corrected chi connectivity index (χ3v) is 6.14. The molecule has 2 heterocycles. The molecule has 0 radical (unpaired) electrons. The van der Waals surface area contributed by atoms with E-state index in [-0.39, 0.29) is 17.9 Å². The summed E-state index contributed by atoms with van der Waals surface area (Å²) in [5.41, 5.74) is 2.42. The Kier molecular flexibility index (Phi) is 5.34. The standard InChI is InChI=1S/C22H21FN4O2S/c1-14-8-10-15(11-9-14)13-30-21-24-19-18(20(28)26(3)22(29)25(19)2)27(21)12-16-6-4-5-7-17(16)23/h4-11H,12-13H2,1-3H3. The lowest BCUT2D eigenvalue weighted by molar-refractivity contribution is 0.593. The van der Waals surface area contributed by atoms with Gasteiger partial charge in [-0.1, -0.05) is 59.8 Å². The molecule has 0 saturated heterocycles. The van der Waals surface area contributed by atoms with Crippen LogP contribution in [0.1, 0.15) is 16.7 Å². The van der Waals surface area contributed by atoms with Gasteiger partial charge in [-0.2, -0.15) is 0 Å². The summed E-state index contributed by atoms with van der Waals surface area (Å²) in [4.78, 5) is 29.9. The highest BCUT2D eigenvalue weighted by Gasteiger charge is 2.20. The van der Waals surface area contributed by atoms with Gasteiger partial charge < -0.3 is 4.57 Å². The summed E-state index contributed by atoms with van der Waals surface area (Å²) in [6, 6.07) is 14.6. The predicted molar refractivity (Wildman–Crippen MR) is 116 cm³/mol. The molecule has 8 heteroatoms. The first-order valence-corrected chi connectivity index (χ1v) is 10.4. The predicted octanol–water partition coefficient (Wildman–Crippen LogP) is 3.22. The zero-order valence-corrected chi connectivity index (χ0v) is 17.7. The highest BCUT2D eigenvalue weighted by Crippen LogP contribution is 2.26. The highest BCUT2D eigenvalue weighted by molar-refractivity contribution is 7.98. The molecule has 154 valence electrons. The average Bonchev–Trinajstić information content (AvgIpc) is 3.10. The van der Waals surface area contributed by atoms with Crippen molar-refractivity contribution in [3.8, 4) is 0 Å². The van der Waals surface area contributed by atoms with Gasteiger partial charge in [0.1, 0.15) is 5.82 Å². The van der Waals surface area contributed by atoms with Crippen molar-refractivity contribution in [1.29, 1.82) is 0 Å². The van der Waals surface area contributed by atoms with Crippen LogP contribution in [0.4, 0.5) is 4.39 Å². The molecule has 0 amide bonds. The number of thioether (sulfide) groups is 1. The molecule has 6 nitrogen and oxygen atoms in total. The Hall–Kier alpha value is -3.13. The van der Waals surface area contributed by atoms with E-state index in [4.69, 9.17) is 0 Å². The lowest BCUT2D eigenvalue weighted by atomic mass is 10.2. The van der Waals surface area contributed by atoms with E-state index in [1.165, 1.54) is 35.0 Å². The normalized spacial score (nSPS) is 11.3. The van der Waals surface area contributed by atoms with Crippen molar-refractivity contribution in [3.63, 3.8) is 0 Å². The molecule has 0 unspecified atom stereocenters. The van der Waals surface area contributed by atoms with Crippen LogP contribution in [0.3, 0.4) is 0 Å². The first kappa shape index (κ1) is 20.2. The summed E-state index contributed by atoms with van der Waals surface area (Å²) < 4.78 is 18.5. The number of benzene rings is 2. The summed E-state index contributed by atoms with van der Waals surface area (Å²) in [5.74, 6) is 0.283. The molecule has 30 heavy (non-hydrogen) atoms. The fourth-order valence-electron chi connectivity index (χ4n) is 3.31. The van der Waals surface area contributed by atoms with Crippen LogP contribution < -0.4 is 11.2 Å². The van der Waals surface area contributed by atoms with Gasteiger partial charge in [0.05, 0.1) is 6.54 Å². The van der Waals surface area contributed by atoms with E-state index in [0.717, 1.165) is 10.1 Å². The SMILES string of the molecule is Cc1ccc(CSc2nc3c(c(=O)n(C)c(=O)n3C)n2Cc2ccccc2F)cc1. The highest BCUT2D eigenvalue weighted by atomic mass is 32.2. The van der Waals surface area contributed by atoms with Gasteiger partial charge in [0.25, 0.3) is 5.56 Å². The molecule has 0 aliphatic heterocycles. The maximum Gasteiger partial charge on any atom is 0.332 e. The topological polar surface area (TPSA) is 61.8 Å². The van der Waals surface area contributed by atoms with Crippen molar-refractivity contribution in [2.75, 3.05) is 0 Å². The number of aromatic nitrogens is 4. The minimum atomic E-state index is -0.446. The molecule has 0 fully saturated rings. The van der Waals surface area contributed by atoms with E-state index in [0.29, 0.717) is 22.1 Å². The lowest BCUT2D eigenvalue weighted by Gasteiger charge is -2.10. The van der Waals surface area contributed by atoms with Crippen LogP contribution >= 0.6 is 11.8 Å². The third-order valence-electron chi connectivity index (χ3n) is 5.09. The average molecular weight is 425 g/mol. The molecule has 0 atom stereocenters. The first-order chi connectivity index (χ1) is 14.4. The molecule has 0 aliphatic rings. The number of imidazole rings is 1. The Balaban J connectivity index is 1.85. The number of hydrogen-bond acceptors (Lipinski definition) is 4. The quantitative estimate of drug-likeness (QED) is 0.462. The van der Waals surface area contributed by atoms with Gasteiger partial charge in [0.15, 0.2) is 16.3 Å². The van der Waals surface area contributed by atoms with Gasteiger partial charge in [-0.05, 0) is 18.6 Å². The van der Waals surface area contributed by atoms with Gasteiger partial charge in [-0.3, -0.25) is 13.9 Å². The molecular weight excluding hydrogens is 403 g/mol. The van der Waals surface area contributed by atoms with Crippen molar-refractivity contribution in [2.24, 2.45) is 14.1 Å². The first-order valence-electron chi connectivity index (χ1n) is 9.45. The number of rotatable bonds is 5. The van der Waals surface area contributed by atoms with Crippen LogP contribution in [0.2, 0.25) is 0 Å². The summed E-state index contributed by atoms with van der Waals surface area (Å²) in [7, 11) is 3.02. The van der Waals surface area contributed by atoms with E-state index in [1.807, 2.05) is 31.2 Å². The van der Waals surface area contributed by atoms with Gasteiger partial charge in [-0.25, -0.2) is 14.2 Å². The third kappa shape index (κ3) is 3.59. The van der Waals surface area contributed by atoms with Crippen LogP contribution in [-0.4, -0.2) is 18.7 Å². The van der Waals surface area contributed by atoms with Crippen LogP contribution in [0.25, 0.3) is 11.2 Å². The van der Waals surface area contributed by atoms with Crippen molar-refractivity contribution in [2.45, 2.75) is 24.4 Å². The van der Waals surface area contributed by atoms with E-state index in [9.17, 15) is 14.0 Å². The van der Waals surface area contributed by atoms with Crippen LogP contribution in [0.5, 0.6) is 0 Å². The zero-order valence-electron chi connectivity index (χ0n) is 16.9. The summed E-state index contributed by atoms with van der Waals surface area (Å²) in [5, 5.41) is 0.562. The van der Waals surface area contributed by atoms with Gasteiger partial charge >= 0.3 is 5.69 Å². The van der Waals surface area contributed by atoms with E-state index < -0.39 is 11.2 Å². The second-order valence-electron chi connectivity index (χ2n) is 7.22. The molecule has 0 spiro atoms. The Bertz CT molecular complexity index is 1350. The Morgan fingerprint density at radius 3 is 2.40 bits per heavy atom. The van der Waals surface area contributed by atoms with Gasteiger partial charge in [-0.15, -0.1) is 0 Å². The fourth-order valence-corrected chi connectivity index (χ4v) is 4.26. The Morgan fingerprint density at radius 1 is 1.00 bits per heavy atom. The van der Waals surface area contributed by atoms with E-state index in [1.54, 1.807) is 29.8 Å². The molecule has 0 aliphatic carbocycles. The number of halogens is 1. The van der Waals surface area contributed by atoms with Crippen LogP contribution in [-0.2, 0) is 26.4 Å². The van der Waals surface area contributed by atoms with Crippen LogP contribution in [0.15, 0.2) is 63.3 Å². The molecule has 0 bridgehead atoms. The molecule has 2 aromatic carbocycles. The zero-order chi connectivity index (χ0) is 21.4. The maximum absolute atomic E-state index is 14.3. The molecule has 4 aromatic rings. The minimum Gasteiger partial charge on any atom is -0.308 e. The second kappa shape index (κ2) is 7.95. The van der Waals surface area contributed by atoms with E-state index in [2.05, 4.69) is 4.98 Å². The van der Waals surface area contributed by atoms with Crippen molar-refractivity contribution >= 4 is 22.9 Å². The van der Waals surface area contributed by atoms with E-state index >= 15 is 0 Å². The summed E-state index contributed by atoms with van der Waals surface area (Å²) in [6.07, 6.45) is 0. The number of aryl methyl sites for hydroxylation is 2. The van der Waals surface area contributed by atoms with Crippen molar-refractivity contribution < 1.29 is 4.39 Å². The van der Waals surface area contributed by atoms with Crippen molar-refractivity contribution in [3.05, 3.63) is 91.9 Å². The molecule has 4 rings (SSSR count). The second-order valence-corrected chi connectivity index (χ2v) is 8.17. The molecular formula is C22H21FN4O2S. The lowest BCUT2D eigenvalue weighted by Crippen LogP contribution is -2.37. The summed E-state index contributed by atoms with van der Waals surface area (Å²) >= 11 is 1.45. The number of hydrogen-bond donors (Lipinski definition) is 0. The Morgan fingerprint density at radius 2 is 1.70 bits per heavy atom. The van der Waals surface area contributed by atoms with Gasteiger partial charge in [0, 0.05) is 25.4 Å². The Labute approximate surface area is 176 Å². The number of nitrogens with zero attached hydrogens (tertiary/aromatic N) is 4. The number of fused-ring (bicyclic) bond motifs is 1. The summed E-state index contributed by atoms with van der Waals surface area (Å²) in [6.45, 7) is 2.17. The monoisotopic (exact) mass is 424 g/mol. The molecule has 0 saturated carbocycles. The smallest absolute Gasteiger partial charge is 0.308 e. The molecule has 2 aromatic heterocycles.